The van der Waals surface area contributed by atoms with Gasteiger partial charge < -0.3 is 9.72 Å². The van der Waals surface area contributed by atoms with Crippen molar-refractivity contribution in [2.24, 2.45) is 5.92 Å². The average Bonchev–Trinajstić information content (AvgIpc) is 3.04. The molecule has 0 saturated carbocycles. The summed E-state index contributed by atoms with van der Waals surface area (Å²) in [4.78, 5) is 19.8. The minimum atomic E-state index is -0.00536. The van der Waals surface area contributed by atoms with Crippen LogP contribution in [0, 0.1) is 5.92 Å². The van der Waals surface area contributed by atoms with E-state index in [2.05, 4.69) is 16.9 Å². The molecule has 4 heteroatoms. The number of nitrogens with zero attached hydrogens (tertiary/aromatic N) is 1. The molecule has 1 saturated heterocycles. The first-order valence-corrected chi connectivity index (χ1v) is 6.38. The third kappa shape index (κ3) is 1.73. The molecule has 2 atom stereocenters. The number of carbonyl (C=O) groups is 1. The normalized spacial score (nSPS) is 23.6. The van der Waals surface area contributed by atoms with Gasteiger partial charge in [0.2, 0.25) is 0 Å². The van der Waals surface area contributed by atoms with Crippen molar-refractivity contribution in [3.05, 3.63) is 30.2 Å². The molecule has 18 heavy (non-hydrogen) atoms. The van der Waals surface area contributed by atoms with Crippen LogP contribution in [-0.2, 0) is 4.74 Å². The number of ketones is 1. The maximum atomic E-state index is 12.6. The van der Waals surface area contributed by atoms with E-state index in [4.69, 9.17) is 4.74 Å². The van der Waals surface area contributed by atoms with E-state index >= 15 is 0 Å². The van der Waals surface area contributed by atoms with Crippen molar-refractivity contribution in [1.29, 1.82) is 0 Å². The number of H-pyrrole nitrogens is 1. The topological polar surface area (TPSA) is 55.0 Å². The molecule has 0 aliphatic carbocycles. The van der Waals surface area contributed by atoms with Crippen molar-refractivity contribution in [3.8, 4) is 0 Å². The van der Waals surface area contributed by atoms with Gasteiger partial charge in [0.1, 0.15) is 0 Å². The third-order valence-corrected chi connectivity index (χ3v) is 3.70. The number of hydrogen-bond acceptors (Lipinski definition) is 3. The first-order chi connectivity index (χ1) is 8.81. The smallest absolute Gasteiger partial charge is 0.170 e. The van der Waals surface area contributed by atoms with Gasteiger partial charge in [-0.15, -0.1) is 0 Å². The summed E-state index contributed by atoms with van der Waals surface area (Å²) in [5.41, 5.74) is 1.70. The van der Waals surface area contributed by atoms with Gasteiger partial charge in [0, 0.05) is 41.7 Å². The Hall–Kier alpha value is -1.68. The van der Waals surface area contributed by atoms with Gasteiger partial charge in [-0.25, -0.2) is 0 Å². The number of Topliss-reactive ketones (excluding diaryl/α,β-unsaturated/α-hetero) is 1. The zero-order valence-electron chi connectivity index (χ0n) is 10.3. The predicted octanol–water partition coefficient (Wildman–Crippen LogP) is 2.56. The summed E-state index contributed by atoms with van der Waals surface area (Å²) in [5, 5.41) is 0.907. The summed E-state index contributed by atoms with van der Waals surface area (Å²) < 4.78 is 5.60. The van der Waals surface area contributed by atoms with Crippen molar-refractivity contribution < 1.29 is 9.53 Å². The van der Waals surface area contributed by atoms with E-state index in [1.54, 1.807) is 18.6 Å². The average molecular weight is 244 g/mol. The Morgan fingerprint density at radius 2 is 2.50 bits per heavy atom. The van der Waals surface area contributed by atoms with Crippen LogP contribution in [-0.4, -0.2) is 28.5 Å². The highest BCUT2D eigenvalue weighted by Gasteiger charge is 2.34. The zero-order valence-corrected chi connectivity index (χ0v) is 10.3. The summed E-state index contributed by atoms with van der Waals surface area (Å²) in [6.07, 6.45) is 7.04. The molecule has 4 nitrogen and oxygen atoms in total. The Labute approximate surface area is 105 Å². The molecule has 1 aliphatic heterocycles. The van der Waals surface area contributed by atoms with Crippen LogP contribution in [0.4, 0.5) is 0 Å². The number of aromatic nitrogens is 2. The summed E-state index contributed by atoms with van der Waals surface area (Å²) in [5.74, 6) is 0.174. The molecular weight excluding hydrogens is 228 g/mol. The van der Waals surface area contributed by atoms with Crippen LogP contribution in [0.3, 0.4) is 0 Å². The molecule has 0 radical (unpaired) electrons. The predicted molar refractivity (Wildman–Crippen MR) is 68.6 cm³/mol. The van der Waals surface area contributed by atoms with E-state index in [0.29, 0.717) is 6.61 Å². The SMILES string of the molecule is CCC1OCCC1C(=O)c1c[nH]c2ccncc12. The summed E-state index contributed by atoms with van der Waals surface area (Å²) in [7, 11) is 0. The van der Waals surface area contributed by atoms with Gasteiger partial charge in [-0.2, -0.15) is 0 Å². The molecule has 94 valence electrons. The lowest BCUT2D eigenvalue weighted by Crippen LogP contribution is -2.23. The lowest BCUT2D eigenvalue weighted by Gasteiger charge is -2.14. The molecule has 0 amide bonds. The van der Waals surface area contributed by atoms with Crippen LogP contribution in [0.25, 0.3) is 10.9 Å². The van der Waals surface area contributed by atoms with E-state index in [9.17, 15) is 4.79 Å². The fourth-order valence-corrected chi connectivity index (χ4v) is 2.72. The van der Waals surface area contributed by atoms with Crippen LogP contribution >= 0.6 is 0 Å². The van der Waals surface area contributed by atoms with Gasteiger partial charge in [0.25, 0.3) is 0 Å². The number of aromatic amines is 1. The van der Waals surface area contributed by atoms with Gasteiger partial charge in [0.05, 0.1) is 12.0 Å². The molecule has 2 unspecified atom stereocenters. The van der Waals surface area contributed by atoms with E-state index < -0.39 is 0 Å². The number of fused-ring (bicyclic) bond motifs is 1. The molecule has 1 N–H and O–H groups in total. The lowest BCUT2D eigenvalue weighted by atomic mass is 9.90. The Bertz CT molecular complexity index is 576. The van der Waals surface area contributed by atoms with Gasteiger partial charge >= 0.3 is 0 Å². The van der Waals surface area contributed by atoms with Crippen LogP contribution < -0.4 is 0 Å². The van der Waals surface area contributed by atoms with E-state index in [1.165, 1.54) is 0 Å². The van der Waals surface area contributed by atoms with Crippen molar-refractivity contribution in [2.45, 2.75) is 25.9 Å². The van der Waals surface area contributed by atoms with Crippen LogP contribution in [0.15, 0.2) is 24.7 Å². The summed E-state index contributed by atoms with van der Waals surface area (Å²) >= 11 is 0. The standard InChI is InChI=1S/C14H16N2O2/c1-2-13-9(4-6-18-13)14(17)11-8-16-12-3-5-15-7-10(11)12/h3,5,7-9,13,16H,2,4,6H2,1H3. The molecular formula is C14H16N2O2. The van der Waals surface area contributed by atoms with Crippen molar-refractivity contribution in [1.82, 2.24) is 9.97 Å². The minimum absolute atomic E-state index is 0.00536. The number of rotatable bonds is 3. The molecule has 0 spiro atoms. The molecule has 0 bridgehead atoms. The Kier molecular flexibility index (Phi) is 2.88. The largest absolute Gasteiger partial charge is 0.377 e. The fraction of sp³-hybridized carbons (Fsp3) is 0.429. The summed E-state index contributed by atoms with van der Waals surface area (Å²) in [6, 6.07) is 1.88. The van der Waals surface area contributed by atoms with E-state index in [1.807, 2.05) is 6.07 Å². The van der Waals surface area contributed by atoms with Crippen molar-refractivity contribution in [3.63, 3.8) is 0 Å². The number of ether oxygens (including phenoxy) is 1. The number of pyridine rings is 1. The number of carbonyl (C=O) groups excluding carboxylic acids is 1. The van der Waals surface area contributed by atoms with Gasteiger partial charge in [-0.3, -0.25) is 9.78 Å². The number of nitrogens with one attached hydrogen (secondary N) is 1. The second kappa shape index (κ2) is 4.53. The highest BCUT2D eigenvalue weighted by atomic mass is 16.5. The van der Waals surface area contributed by atoms with E-state index in [-0.39, 0.29) is 17.8 Å². The second-order valence-electron chi connectivity index (χ2n) is 4.70. The highest BCUT2D eigenvalue weighted by molar-refractivity contribution is 6.08. The first-order valence-electron chi connectivity index (χ1n) is 6.38. The maximum Gasteiger partial charge on any atom is 0.170 e. The Balaban J connectivity index is 1.97. The van der Waals surface area contributed by atoms with E-state index in [0.717, 1.165) is 29.3 Å². The van der Waals surface area contributed by atoms with Gasteiger partial charge in [-0.05, 0) is 18.9 Å². The third-order valence-electron chi connectivity index (χ3n) is 3.70. The number of hydrogen-bond donors (Lipinski definition) is 1. The highest BCUT2D eigenvalue weighted by Crippen LogP contribution is 2.29. The first kappa shape index (κ1) is 11.4. The molecule has 2 aromatic heterocycles. The lowest BCUT2D eigenvalue weighted by molar-refractivity contribution is 0.0690. The Morgan fingerprint density at radius 3 is 3.33 bits per heavy atom. The molecule has 1 fully saturated rings. The van der Waals surface area contributed by atoms with Crippen LogP contribution in [0.5, 0.6) is 0 Å². The molecule has 2 aromatic rings. The second-order valence-corrected chi connectivity index (χ2v) is 4.70. The van der Waals surface area contributed by atoms with Gasteiger partial charge in [0.15, 0.2) is 5.78 Å². The monoisotopic (exact) mass is 244 g/mol. The maximum absolute atomic E-state index is 12.6. The molecule has 0 aromatic carbocycles. The van der Waals surface area contributed by atoms with Crippen molar-refractivity contribution in [2.75, 3.05) is 6.61 Å². The van der Waals surface area contributed by atoms with Crippen molar-refractivity contribution >= 4 is 16.7 Å². The molecule has 3 rings (SSSR count). The summed E-state index contributed by atoms with van der Waals surface area (Å²) in [6.45, 7) is 2.75. The molecule has 1 aliphatic rings. The Morgan fingerprint density at radius 1 is 1.61 bits per heavy atom. The van der Waals surface area contributed by atoms with Gasteiger partial charge in [-0.1, -0.05) is 6.92 Å². The van der Waals surface area contributed by atoms with Crippen LogP contribution in [0.1, 0.15) is 30.1 Å². The minimum Gasteiger partial charge on any atom is -0.377 e. The zero-order chi connectivity index (χ0) is 12.5. The fourth-order valence-electron chi connectivity index (χ4n) is 2.72. The molecule has 3 heterocycles. The quantitative estimate of drug-likeness (QED) is 0.844. The van der Waals surface area contributed by atoms with Crippen LogP contribution in [0.2, 0.25) is 0 Å².